The van der Waals surface area contributed by atoms with Crippen LogP contribution in [-0.4, -0.2) is 10.9 Å². The number of phenols is 1. The van der Waals surface area contributed by atoms with Crippen LogP contribution in [0.3, 0.4) is 0 Å². The molecular weight excluding hydrogens is 522 g/mol. The van der Waals surface area contributed by atoms with E-state index in [9.17, 15) is 9.90 Å². The molecular formula is C17H12I2O2S. The van der Waals surface area contributed by atoms with E-state index in [0.29, 0.717) is 12.7 Å². The predicted molar refractivity (Wildman–Crippen MR) is 108 cm³/mol. The molecule has 0 atom stereocenters. The molecule has 5 heteroatoms. The van der Waals surface area contributed by atoms with Crippen molar-refractivity contribution >= 4 is 72.4 Å². The Kier molecular flexibility index (Phi) is 4.75. The Hall–Kier alpha value is -0.670. The van der Waals surface area contributed by atoms with Gasteiger partial charge < -0.3 is 5.11 Å². The third-order valence-corrected chi connectivity index (χ3v) is 6.46. The minimum atomic E-state index is 0.0325. The van der Waals surface area contributed by atoms with Crippen LogP contribution in [0.15, 0.2) is 36.4 Å². The zero-order valence-corrected chi connectivity index (χ0v) is 16.8. The second kappa shape index (κ2) is 6.45. The first-order valence-corrected chi connectivity index (χ1v) is 9.73. The van der Waals surface area contributed by atoms with E-state index in [2.05, 4.69) is 58.2 Å². The zero-order valence-electron chi connectivity index (χ0n) is 11.7. The van der Waals surface area contributed by atoms with E-state index in [1.54, 1.807) is 23.5 Å². The molecule has 22 heavy (non-hydrogen) atoms. The minimum Gasteiger partial charge on any atom is -0.506 e. The molecule has 0 saturated carbocycles. The summed E-state index contributed by atoms with van der Waals surface area (Å²) in [5.74, 6) is 0.272. The number of aromatic hydroxyl groups is 1. The summed E-state index contributed by atoms with van der Waals surface area (Å²) in [5, 5.41) is 10.9. The van der Waals surface area contributed by atoms with E-state index < -0.39 is 0 Å². The number of aryl methyl sites for hydroxylation is 1. The van der Waals surface area contributed by atoms with Gasteiger partial charge in [0.15, 0.2) is 5.78 Å². The first-order valence-electron chi connectivity index (χ1n) is 6.76. The molecule has 0 spiro atoms. The molecule has 0 aliphatic heterocycles. The van der Waals surface area contributed by atoms with Crippen LogP contribution in [0.4, 0.5) is 0 Å². The maximum Gasteiger partial charge on any atom is 0.194 e. The van der Waals surface area contributed by atoms with Crippen molar-refractivity contribution in [3.8, 4) is 5.75 Å². The first-order chi connectivity index (χ1) is 10.5. The summed E-state index contributed by atoms with van der Waals surface area (Å²) in [6, 6.07) is 11.5. The highest BCUT2D eigenvalue weighted by Crippen LogP contribution is 2.35. The van der Waals surface area contributed by atoms with Gasteiger partial charge in [-0.2, -0.15) is 0 Å². The van der Waals surface area contributed by atoms with Crippen LogP contribution in [0.1, 0.15) is 27.7 Å². The van der Waals surface area contributed by atoms with E-state index >= 15 is 0 Å². The Morgan fingerprint density at radius 3 is 2.45 bits per heavy atom. The molecule has 0 fully saturated rings. The molecule has 0 amide bonds. The van der Waals surface area contributed by atoms with Crippen molar-refractivity contribution < 1.29 is 9.90 Å². The number of hydrogen-bond donors (Lipinski definition) is 1. The molecule has 1 N–H and O–H groups in total. The first kappa shape index (κ1) is 16.2. The van der Waals surface area contributed by atoms with Crippen LogP contribution >= 0.6 is 56.5 Å². The second-order valence-electron chi connectivity index (χ2n) is 4.87. The van der Waals surface area contributed by atoms with Gasteiger partial charge in [-0.25, -0.2) is 0 Å². The van der Waals surface area contributed by atoms with Crippen LogP contribution in [0, 0.1) is 7.14 Å². The van der Waals surface area contributed by atoms with E-state index in [4.69, 9.17) is 0 Å². The molecule has 3 rings (SSSR count). The standard InChI is InChI=1S/C17H12I2O2S/c1-2-13-15(10-5-3-4-6-14(10)22-13)16(20)9-7-11(18)17(21)12(19)8-9/h3-8,21H,2H2,1H3. The number of fused-ring (bicyclic) bond motifs is 1. The number of carbonyl (C=O) groups is 1. The smallest absolute Gasteiger partial charge is 0.194 e. The Morgan fingerprint density at radius 1 is 1.18 bits per heavy atom. The number of benzene rings is 2. The van der Waals surface area contributed by atoms with Gasteiger partial charge >= 0.3 is 0 Å². The number of thiophene rings is 1. The van der Waals surface area contributed by atoms with Crippen LogP contribution in [0.25, 0.3) is 10.1 Å². The monoisotopic (exact) mass is 534 g/mol. The average molecular weight is 534 g/mol. The Morgan fingerprint density at radius 2 is 1.82 bits per heavy atom. The molecule has 0 aliphatic rings. The fraction of sp³-hybridized carbons (Fsp3) is 0.118. The largest absolute Gasteiger partial charge is 0.506 e. The van der Waals surface area contributed by atoms with Gasteiger partial charge in [0.05, 0.1) is 7.14 Å². The lowest BCUT2D eigenvalue weighted by molar-refractivity contribution is 0.104. The Bertz CT molecular complexity index is 860. The van der Waals surface area contributed by atoms with E-state index in [1.807, 2.05) is 18.2 Å². The SMILES string of the molecule is CCc1sc2ccccc2c1C(=O)c1cc(I)c(O)c(I)c1. The van der Waals surface area contributed by atoms with Crippen molar-refractivity contribution in [2.24, 2.45) is 0 Å². The van der Waals surface area contributed by atoms with Gasteiger partial charge in [0.2, 0.25) is 0 Å². The van der Waals surface area contributed by atoms with Gasteiger partial charge in [-0.15, -0.1) is 11.3 Å². The molecule has 0 radical (unpaired) electrons. The predicted octanol–water partition coefficient (Wildman–Crippen LogP) is 5.61. The second-order valence-corrected chi connectivity index (χ2v) is 8.33. The lowest BCUT2D eigenvalue weighted by Gasteiger charge is -2.07. The lowest BCUT2D eigenvalue weighted by Crippen LogP contribution is -2.04. The number of phenolic OH excluding ortho intramolecular Hbond substituents is 1. The molecule has 0 unspecified atom stereocenters. The molecule has 112 valence electrons. The quantitative estimate of drug-likeness (QED) is 0.351. The van der Waals surface area contributed by atoms with Gasteiger partial charge in [-0.3, -0.25) is 4.79 Å². The highest BCUT2D eigenvalue weighted by molar-refractivity contribution is 14.1. The number of ketones is 1. The van der Waals surface area contributed by atoms with E-state index in [0.717, 1.165) is 26.9 Å². The minimum absolute atomic E-state index is 0.0325. The molecule has 0 bridgehead atoms. The fourth-order valence-electron chi connectivity index (χ4n) is 2.43. The molecule has 2 nitrogen and oxygen atoms in total. The molecule has 1 aromatic heterocycles. The maximum atomic E-state index is 13.0. The molecule has 0 aliphatic carbocycles. The summed E-state index contributed by atoms with van der Waals surface area (Å²) in [6.45, 7) is 2.08. The van der Waals surface area contributed by atoms with Gasteiger partial charge in [-0.1, -0.05) is 25.1 Å². The van der Waals surface area contributed by atoms with Crippen LogP contribution in [0.2, 0.25) is 0 Å². The van der Waals surface area contributed by atoms with Gasteiger partial charge in [0, 0.05) is 26.1 Å². The van der Waals surface area contributed by atoms with Gasteiger partial charge in [0.25, 0.3) is 0 Å². The normalized spacial score (nSPS) is 11.0. The van der Waals surface area contributed by atoms with E-state index in [-0.39, 0.29) is 11.5 Å². The third-order valence-electron chi connectivity index (χ3n) is 3.50. The third kappa shape index (κ3) is 2.78. The van der Waals surface area contributed by atoms with Gasteiger partial charge in [-0.05, 0) is 69.8 Å². The van der Waals surface area contributed by atoms with Gasteiger partial charge in [0.1, 0.15) is 5.75 Å². The van der Waals surface area contributed by atoms with Crippen molar-refractivity contribution in [2.75, 3.05) is 0 Å². The summed E-state index contributed by atoms with van der Waals surface area (Å²) in [6.07, 6.45) is 0.840. The van der Waals surface area contributed by atoms with Crippen molar-refractivity contribution in [3.63, 3.8) is 0 Å². The molecule has 3 aromatic rings. The van der Waals surface area contributed by atoms with Crippen LogP contribution in [0.5, 0.6) is 5.75 Å². The summed E-state index contributed by atoms with van der Waals surface area (Å²) in [7, 11) is 0. The Balaban J connectivity index is 2.21. The van der Waals surface area contributed by atoms with E-state index in [1.165, 1.54) is 0 Å². The molecule has 0 saturated heterocycles. The summed E-state index contributed by atoms with van der Waals surface area (Å²) < 4.78 is 2.54. The van der Waals surface area contributed by atoms with Crippen LogP contribution in [-0.2, 0) is 6.42 Å². The summed E-state index contributed by atoms with van der Waals surface area (Å²) >= 11 is 5.80. The van der Waals surface area contributed by atoms with Crippen molar-refractivity contribution in [3.05, 3.63) is 59.5 Å². The number of halogens is 2. The van der Waals surface area contributed by atoms with Crippen molar-refractivity contribution in [2.45, 2.75) is 13.3 Å². The summed E-state index contributed by atoms with van der Waals surface area (Å²) in [5.41, 5.74) is 1.44. The lowest BCUT2D eigenvalue weighted by atomic mass is 9.99. The maximum absolute atomic E-state index is 13.0. The van der Waals surface area contributed by atoms with Crippen molar-refractivity contribution in [1.29, 1.82) is 0 Å². The zero-order chi connectivity index (χ0) is 15.9. The van der Waals surface area contributed by atoms with Crippen molar-refractivity contribution in [1.82, 2.24) is 0 Å². The number of carbonyl (C=O) groups excluding carboxylic acids is 1. The number of hydrogen-bond acceptors (Lipinski definition) is 3. The topological polar surface area (TPSA) is 37.3 Å². The highest BCUT2D eigenvalue weighted by atomic mass is 127. The Labute approximate surface area is 159 Å². The molecule has 1 heterocycles. The number of rotatable bonds is 3. The average Bonchev–Trinajstić information content (AvgIpc) is 2.89. The summed E-state index contributed by atoms with van der Waals surface area (Å²) in [4.78, 5) is 14.2. The van der Waals surface area contributed by atoms with Crippen LogP contribution < -0.4 is 0 Å². The molecule has 2 aromatic carbocycles. The fourth-order valence-corrected chi connectivity index (χ4v) is 5.34. The highest BCUT2D eigenvalue weighted by Gasteiger charge is 2.20.